The molecule has 2 aliphatic carbocycles. The molecule has 5 bridgehead atoms. The molecular weight excluding hydrogens is 384 g/mol. The van der Waals surface area contributed by atoms with Gasteiger partial charge >= 0.3 is 5.97 Å². The molecule has 1 saturated carbocycles. The van der Waals surface area contributed by atoms with Crippen LogP contribution in [0.2, 0.25) is 0 Å². The maximum Gasteiger partial charge on any atom is 0.340 e. The third-order valence-electron chi connectivity index (χ3n) is 7.36. The van der Waals surface area contributed by atoms with E-state index in [1.165, 1.54) is 18.2 Å². The molecule has 1 fully saturated rings. The van der Waals surface area contributed by atoms with E-state index in [1.54, 1.807) is 13.0 Å². The van der Waals surface area contributed by atoms with Crippen LogP contribution in [0, 0.1) is 6.92 Å². The highest BCUT2D eigenvalue weighted by Gasteiger charge is 2.67. The fourth-order valence-corrected chi connectivity index (χ4v) is 5.91. The van der Waals surface area contributed by atoms with E-state index in [9.17, 15) is 9.90 Å². The lowest BCUT2D eigenvalue weighted by Gasteiger charge is -2.46. The Hall–Kier alpha value is -2.73. The molecule has 0 aromatic heterocycles. The maximum absolute atomic E-state index is 12.7. The molecule has 0 saturated heterocycles. The quantitative estimate of drug-likeness (QED) is 0.727. The maximum atomic E-state index is 12.7. The molecule has 0 amide bonds. The van der Waals surface area contributed by atoms with Crippen molar-refractivity contribution in [2.45, 2.75) is 56.3 Å². The van der Waals surface area contributed by atoms with Crippen molar-refractivity contribution in [1.82, 2.24) is 0 Å². The summed E-state index contributed by atoms with van der Waals surface area (Å²) >= 11 is 0. The van der Waals surface area contributed by atoms with Gasteiger partial charge in [0.15, 0.2) is 28.8 Å². The van der Waals surface area contributed by atoms with Crippen LogP contribution >= 0.6 is 0 Å². The van der Waals surface area contributed by atoms with E-state index in [0.29, 0.717) is 29.0 Å². The van der Waals surface area contributed by atoms with Crippen molar-refractivity contribution in [2.24, 2.45) is 0 Å². The third-order valence-corrected chi connectivity index (χ3v) is 7.36. The summed E-state index contributed by atoms with van der Waals surface area (Å²) in [6, 6.07) is 8.14. The van der Waals surface area contributed by atoms with Crippen molar-refractivity contribution < 1.29 is 28.8 Å². The number of aromatic hydroxyl groups is 1. The number of rotatable bonds is 1. The van der Waals surface area contributed by atoms with Gasteiger partial charge in [0.2, 0.25) is 0 Å². The lowest BCUT2D eigenvalue weighted by atomic mass is 9.83. The van der Waals surface area contributed by atoms with Gasteiger partial charge in [-0.2, -0.15) is 0 Å². The van der Waals surface area contributed by atoms with Gasteiger partial charge in [-0.25, -0.2) is 4.79 Å². The Bertz CT molecular complexity index is 1090. The first-order valence-corrected chi connectivity index (χ1v) is 10.5. The van der Waals surface area contributed by atoms with Gasteiger partial charge in [0.05, 0.1) is 6.61 Å². The summed E-state index contributed by atoms with van der Waals surface area (Å²) in [6.45, 7) is 2.04. The van der Waals surface area contributed by atoms with E-state index >= 15 is 0 Å². The van der Waals surface area contributed by atoms with Gasteiger partial charge in [-0.3, -0.25) is 0 Å². The zero-order valence-corrected chi connectivity index (χ0v) is 17.1. The predicted molar refractivity (Wildman–Crippen MR) is 107 cm³/mol. The van der Waals surface area contributed by atoms with Gasteiger partial charge in [0, 0.05) is 36.6 Å². The SMILES string of the molecule is CO[C@H]1C(=O)OCCc2ccc3c(c2)[C@]24CCC[C@@]2(C3)Oc2c(cc1c(O)c2C)O4. The molecule has 6 nitrogen and oxygen atoms in total. The second kappa shape index (κ2) is 5.91. The number of hydrogen-bond acceptors (Lipinski definition) is 6. The van der Waals surface area contributed by atoms with Gasteiger partial charge < -0.3 is 24.1 Å². The monoisotopic (exact) mass is 408 g/mol. The molecule has 1 N–H and O–H groups in total. The van der Waals surface area contributed by atoms with Gasteiger partial charge in [0.1, 0.15) is 5.75 Å². The second-order valence-electron chi connectivity index (χ2n) is 8.85. The minimum atomic E-state index is -1.03. The highest BCUT2D eigenvalue weighted by Crippen LogP contribution is 2.63. The number of carbonyl (C=O) groups is 1. The number of carbonyl (C=O) groups excluding carboxylic acids is 1. The van der Waals surface area contributed by atoms with Gasteiger partial charge in [-0.1, -0.05) is 18.2 Å². The fraction of sp³-hybridized carbons (Fsp3) is 0.458. The Balaban J connectivity index is 1.63. The molecule has 156 valence electrons. The van der Waals surface area contributed by atoms with Gasteiger partial charge in [-0.05, 0) is 43.4 Å². The van der Waals surface area contributed by atoms with Crippen LogP contribution in [0.5, 0.6) is 17.2 Å². The number of methoxy groups -OCH3 is 1. The van der Waals surface area contributed by atoms with Crippen molar-refractivity contribution in [3.05, 3.63) is 52.1 Å². The number of ether oxygens (including phenoxy) is 4. The smallest absolute Gasteiger partial charge is 0.340 e. The molecule has 3 atom stereocenters. The number of cyclic esters (lactones) is 1. The molecule has 6 rings (SSSR count). The van der Waals surface area contributed by atoms with Crippen LogP contribution in [-0.2, 0) is 32.7 Å². The summed E-state index contributed by atoms with van der Waals surface area (Å²) in [5, 5.41) is 10.9. The van der Waals surface area contributed by atoms with Gasteiger partial charge in [-0.15, -0.1) is 0 Å². The molecule has 6 heteroatoms. The van der Waals surface area contributed by atoms with Gasteiger partial charge in [0.25, 0.3) is 0 Å². The van der Waals surface area contributed by atoms with Crippen LogP contribution in [-0.4, -0.2) is 30.4 Å². The average molecular weight is 408 g/mol. The topological polar surface area (TPSA) is 74.2 Å². The molecule has 2 aromatic carbocycles. The Morgan fingerprint density at radius 2 is 2.07 bits per heavy atom. The van der Waals surface area contributed by atoms with Crippen LogP contribution < -0.4 is 9.47 Å². The third kappa shape index (κ3) is 2.10. The molecule has 0 unspecified atom stereocenters. The molecule has 1 spiro atoms. The van der Waals surface area contributed by atoms with E-state index in [2.05, 4.69) is 18.2 Å². The first kappa shape index (κ1) is 18.1. The predicted octanol–water partition coefficient (Wildman–Crippen LogP) is 3.63. The van der Waals surface area contributed by atoms with Crippen molar-refractivity contribution in [1.29, 1.82) is 0 Å². The van der Waals surface area contributed by atoms with E-state index in [4.69, 9.17) is 18.9 Å². The fourth-order valence-electron chi connectivity index (χ4n) is 5.91. The van der Waals surface area contributed by atoms with Crippen molar-refractivity contribution in [3.63, 3.8) is 0 Å². The largest absolute Gasteiger partial charge is 0.507 e. The minimum absolute atomic E-state index is 0.0184. The first-order valence-electron chi connectivity index (χ1n) is 10.5. The van der Waals surface area contributed by atoms with Crippen LogP contribution in [0.1, 0.15) is 53.2 Å². The average Bonchev–Trinajstić information content (AvgIpc) is 3.22. The minimum Gasteiger partial charge on any atom is -0.507 e. The van der Waals surface area contributed by atoms with Crippen LogP contribution in [0.25, 0.3) is 0 Å². The summed E-state index contributed by atoms with van der Waals surface area (Å²) in [4.78, 5) is 12.7. The number of phenols is 1. The Kier molecular flexibility index (Phi) is 3.56. The second-order valence-corrected chi connectivity index (χ2v) is 8.85. The summed E-state index contributed by atoms with van der Waals surface area (Å²) in [7, 11) is 1.43. The summed E-state index contributed by atoms with van der Waals surface area (Å²) in [5.74, 6) is 0.553. The van der Waals surface area contributed by atoms with E-state index in [1.807, 2.05) is 0 Å². The number of benzene rings is 2. The normalized spacial score (nSPS) is 30.6. The standard InChI is InChI=1S/C24H24O6/c1-13-19(25)16-11-18-20(13)30-23-7-3-8-24(23,29-18)17-10-14(4-5-15(17)12-23)6-9-28-22(26)21(16)27-2/h4-5,10-11,21,25H,3,6-9,12H2,1-2H3/t21-,23+,24-/m1/s1. The van der Waals surface area contributed by atoms with E-state index < -0.39 is 23.3 Å². The first-order chi connectivity index (χ1) is 14.5. The Morgan fingerprint density at radius 1 is 1.20 bits per heavy atom. The molecule has 2 aliphatic heterocycles. The molecule has 30 heavy (non-hydrogen) atoms. The zero-order valence-electron chi connectivity index (χ0n) is 17.1. The lowest BCUT2D eigenvalue weighted by molar-refractivity contribution is -0.155. The lowest BCUT2D eigenvalue weighted by Crippen LogP contribution is -2.55. The van der Waals surface area contributed by atoms with E-state index in [0.717, 1.165) is 31.2 Å². The molecule has 2 heterocycles. The summed E-state index contributed by atoms with van der Waals surface area (Å²) in [5.41, 5.74) is 3.42. The molecule has 2 aromatic rings. The number of fused-ring (bicyclic) bond motifs is 2. The van der Waals surface area contributed by atoms with Crippen molar-refractivity contribution in [2.75, 3.05) is 13.7 Å². The molecule has 0 radical (unpaired) electrons. The summed E-state index contributed by atoms with van der Waals surface area (Å²) < 4.78 is 24.5. The summed E-state index contributed by atoms with van der Waals surface area (Å²) in [6.07, 6.45) is 3.15. The molecule has 4 aliphatic rings. The molecular formula is C24H24O6. The van der Waals surface area contributed by atoms with Crippen LogP contribution in [0.3, 0.4) is 0 Å². The van der Waals surface area contributed by atoms with Crippen molar-refractivity contribution >= 4 is 5.97 Å². The van der Waals surface area contributed by atoms with Crippen molar-refractivity contribution in [3.8, 4) is 17.2 Å². The highest BCUT2D eigenvalue weighted by atomic mass is 16.6. The zero-order chi connectivity index (χ0) is 20.7. The van der Waals surface area contributed by atoms with Crippen LogP contribution in [0.15, 0.2) is 24.3 Å². The Labute approximate surface area is 174 Å². The van der Waals surface area contributed by atoms with Crippen LogP contribution in [0.4, 0.5) is 0 Å². The number of esters is 1. The number of hydrogen-bond donors (Lipinski definition) is 1. The number of phenolic OH excluding ortho intramolecular Hbond substituents is 1. The Morgan fingerprint density at radius 3 is 2.90 bits per heavy atom. The highest BCUT2D eigenvalue weighted by molar-refractivity contribution is 5.79. The van der Waals surface area contributed by atoms with E-state index in [-0.39, 0.29) is 12.4 Å².